The maximum Gasteiger partial charge on any atom is 0.183 e. The largest absolute Gasteiger partial charge is 0.483 e. The van der Waals surface area contributed by atoms with Gasteiger partial charge in [0.1, 0.15) is 6.61 Å². The molecule has 88 valence electrons. The van der Waals surface area contributed by atoms with E-state index in [0.717, 1.165) is 0 Å². The average molecular weight is 245 g/mol. The average Bonchev–Trinajstić information content (AvgIpc) is 2.18. The van der Waals surface area contributed by atoms with Crippen molar-refractivity contribution in [1.29, 1.82) is 0 Å². The zero-order valence-corrected chi connectivity index (χ0v) is 10.3. The number of halogens is 2. The van der Waals surface area contributed by atoms with Gasteiger partial charge in [0.25, 0.3) is 0 Å². The third kappa shape index (κ3) is 3.20. The van der Waals surface area contributed by atoms with Crippen molar-refractivity contribution in [3.05, 3.63) is 29.0 Å². The number of Topliss-reactive ketones (excluding diaryl/α,β-unsaturated/α-hetero) is 1. The molecular weight excluding hydrogens is 231 g/mol. The van der Waals surface area contributed by atoms with Crippen LogP contribution in [-0.2, 0) is 4.79 Å². The summed E-state index contributed by atoms with van der Waals surface area (Å²) < 4.78 is 18.5. The lowest BCUT2D eigenvalue weighted by atomic mass is 9.91. The lowest BCUT2D eigenvalue weighted by molar-refractivity contribution is -0.128. The SMILES string of the molecule is CC(C)(C)C(=O)COc1cccc(Cl)c1F. The molecule has 0 saturated carbocycles. The maximum atomic E-state index is 13.4. The van der Waals surface area contributed by atoms with Gasteiger partial charge in [-0.15, -0.1) is 0 Å². The van der Waals surface area contributed by atoms with Crippen LogP contribution in [0.5, 0.6) is 5.75 Å². The Morgan fingerprint density at radius 1 is 1.44 bits per heavy atom. The highest BCUT2D eigenvalue weighted by Gasteiger charge is 2.22. The lowest BCUT2D eigenvalue weighted by Crippen LogP contribution is -2.26. The molecule has 0 aromatic heterocycles. The zero-order valence-electron chi connectivity index (χ0n) is 9.51. The molecule has 4 heteroatoms. The third-order valence-corrected chi connectivity index (χ3v) is 2.40. The van der Waals surface area contributed by atoms with Crippen LogP contribution in [0.4, 0.5) is 4.39 Å². The smallest absolute Gasteiger partial charge is 0.183 e. The summed E-state index contributed by atoms with van der Waals surface area (Å²) in [7, 11) is 0. The molecular formula is C12H14ClFO2. The Balaban J connectivity index is 2.69. The Hall–Kier alpha value is -1.09. The van der Waals surface area contributed by atoms with E-state index in [2.05, 4.69) is 0 Å². The molecule has 16 heavy (non-hydrogen) atoms. The van der Waals surface area contributed by atoms with E-state index in [1.807, 2.05) is 0 Å². The number of carbonyl (C=O) groups is 1. The molecule has 0 bridgehead atoms. The van der Waals surface area contributed by atoms with Crippen LogP contribution in [0.1, 0.15) is 20.8 Å². The highest BCUT2D eigenvalue weighted by Crippen LogP contribution is 2.24. The summed E-state index contributed by atoms with van der Waals surface area (Å²) in [6.45, 7) is 5.20. The second-order valence-corrected chi connectivity index (χ2v) is 4.92. The minimum atomic E-state index is -0.633. The zero-order chi connectivity index (χ0) is 12.3. The molecule has 1 rings (SSSR count). The molecule has 1 aromatic carbocycles. The summed E-state index contributed by atoms with van der Waals surface area (Å²) in [5.41, 5.74) is -0.491. The van der Waals surface area contributed by atoms with Crippen LogP contribution in [0.2, 0.25) is 5.02 Å². The van der Waals surface area contributed by atoms with Crippen LogP contribution >= 0.6 is 11.6 Å². The van der Waals surface area contributed by atoms with Crippen molar-refractivity contribution in [3.63, 3.8) is 0 Å². The predicted octanol–water partition coefficient (Wildman–Crippen LogP) is 3.47. The quantitative estimate of drug-likeness (QED) is 0.814. The topological polar surface area (TPSA) is 26.3 Å². The van der Waals surface area contributed by atoms with Gasteiger partial charge in [-0.1, -0.05) is 38.4 Å². The van der Waals surface area contributed by atoms with Crippen LogP contribution in [0, 0.1) is 11.2 Å². The first-order valence-corrected chi connectivity index (χ1v) is 5.30. The van der Waals surface area contributed by atoms with Gasteiger partial charge in [0.15, 0.2) is 17.3 Å². The van der Waals surface area contributed by atoms with Crippen LogP contribution in [0.25, 0.3) is 0 Å². The highest BCUT2D eigenvalue weighted by molar-refractivity contribution is 6.30. The summed E-state index contributed by atoms with van der Waals surface area (Å²) in [4.78, 5) is 11.6. The molecule has 0 aliphatic carbocycles. The van der Waals surface area contributed by atoms with E-state index in [1.54, 1.807) is 26.8 Å². The van der Waals surface area contributed by atoms with Crippen LogP contribution < -0.4 is 4.74 Å². The molecule has 0 N–H and O–H groups in total. The minimum Gasteiger partial charge on any atom is -0.483 e. The Morgan fingerprint density at radius 3 is 2.62 bits per heavy atom. The lowest BCUT2D eigenvalue weighted by Gasteiger charge is -2.17. The summed E-state index contributed by atoms with van der Waals surface area (Å²) >= 11 is 5.58. The van der Waals surface area contributed by atoms with E-state index in [0.29, 0.717) is 0 Å². The van der Waals surface area contributed by atoms with Gasteiger partial charge in [0, 0.05) is 5.41 Å². The number of benzene rings is 1. The molecule has 0 heterocycles. The van der Waals surface area contributed by atoms with E-state index in [1.165, 1.54) is 12.1 Å². The van der Waals surface area contributed by atoms with Crippen molar-refractivity contribution in [2.24, 2.45) is 5.41 Å². The van der Waals surface area contributed by atoms with E-state index in [-0.39, 0.29) is 23.2 Å². The van der Waals surface area contributed by atoms with Gasteiger partial charge >= 0.3 is 0 Å². The highest BCUT2D eigenvalue weighted by atomic mass is 35.5. The van der Waals surface area contributed by atoms with Crippen molar-refractivity contribution in [3.8, 4) is 5.75 Å². The van der Waals surface area contributed by atoms with E-state index in [4.69, 9.17) is 16.3 Å². The Kier molecular flexibility index (Phi) is 3.92. The number of carbonyl (C=O) groups excluding carboxylic acids is 1. The fourth-order valence-corrected chi connectivity index (χ4v) is 1.12. The van der Waals surface area contributed by atoms with Crippen molar-refractivity contribution in [2.75, 3.05) is 6.61 Å². The van der Waals surface area contributed by atoms with Crippen LogP contribution in [-0.4, -0.2) is 12.4 Å². The Morgan fingerprint density at radius 2 is 2.06 bits per heavy atom. The number of ether oxygens (including phenoxy) is 1. The number of hydrogen-bond donors (Lipinski definition) is 0. The van der Waals surface area contributed by atoms with E-state index < -0.39 is 11.2 Å². The summed E-state index contributed by atoms with van der Waals surface area (Å²) in [5.74, 6) is -0.720. The van der Waals surface area contributed by atoms with Crippen LogP contribution in [0.3, 0.4) is 0 Å². The van der Waals surface area contributed by atoms with Crippen molar-refractivity contribution in [2.45, 2.75) is 20.8 Å². The van der Waals surface area contributed by atoms with Gasteiger partial charge in [-0.25, -0.2) is 4.39 Å². The number of hydrogen-bond acceptors (Lipinski definition) is 2. The van der Waals surface area contributed by atoms with Gasteiger partial charge in [0.05, 0.1) is 5.02 Å². The first kappa shape index (κ1) is 13.0. The summed E-state index contributed by atoms with van der Waals surface area (Å²) in [6.07, 6.45) is 0. The van der Waals surface area contributed by atoms with Crippen LogP contribution in [0.15, 0.2) is 18.2 Å². The van der Waals surface area contributed by atoms with Gasteiger partial charge < -0.3 is 4.74 Å². The molecule has 0 atom stereocenters. The number of ketones is 1. The van der Waals surface area contributed by atoms with Crippen molar-refractivity contribution < 1.29 is 13.9 Å². The fraction of sp³-hybridized carbons (Fsp3) is 0.417. The summed E-state index contributed by atoms with van der Waals surface area (Å²) in [5, 5.41) is -0.0132. The summed E-state index contributed by atoms with van der Waals surface area (Å²) in [6, 6.07) is 4.44. The second kappa shape index (κ2) is 4.83. The van der Waals surface area contributed by atoms with E-state index >= 15 is 0 Å². The molecule has 0 saturated heterocycles. The van der Waals surface area contributed by atoms with Crippen molar-refractivity contribution >= 4 is 17.4 Å². The predicted molar refractivity (Wildman–Crippen MR) is 61.4 cm³/mol. The van der Waals surface area contributed by atoms with Gasteiger partial charge in [-0.2, -0.15) is 0 Å². The molecule has 0 fully saturated rings. The minimum absolute atomic E-state index is 0.00472. The molecule has 0 spiro atoms. The molecule has 2 nitrogen and oxygen atoms in total. The Bertz CT molecular complexity index is 396. The standard InChI is InChI=1S/C12H14ClFO2/c1-12(2,3)10(15)7-16-9-6-4-5-8(13)11(9)14/h4-6H,7H2,1-3H3. The first-order valence-electron chi connectivity index (χ1n) is 4.92. The molecule has 0 aliphatic rings. The molecule has 0 amide bonds. The third-order valence-electron chi connectivity index (χ3n) is 2.11. The fourth-order valence-electron chi connectivity index (χ4n) is 0.955. The second-order valence-electron chi connectivity index (χ2n) is 4.51. The van der Waals surface area contributed by atoms with Gasteiger partial charge in [0.2, 0.25) is 0 Å². The first-order chi connectivity index (χ1) is 7.32. The Labute approximate surface area is 99.4 Å². The van der Waals surface area contributed by atoms with Crippen molar-refractivity contribution in [1.82, 2.24) is 0 Å². The van der Waals surface area contributed by atoms with Gasteiger partial charge in [-0.05, 0) is 12.1 Å². The molecule has 1 aromatic rings. The van der Waals surface area contributed by atoms with Gasteiger partial charge in [-0.3, -0.25) is 4.79 Å². The maximum absolute atomic E-state index is 13.4. The molecule has 0 aliphatic heterocycles. The monoisotopic (exact) mass is 244 g/mol. The normalized spacial score (nSPS) is 11.3. The van der Waals surface area contributed by atoms with E-state index in [9.17, 15) is 9.18 Å². The molecule has 0 radical (unpaired) electrons. The molecule has 0 unspecified atom stereocenters. The number of rotatable bonds is 3.